The van der Waals surface area contributed by atoms with Gasteiger partial charge in [-0.15, -0.1) is 0 Å². The summed E-state index contributed by atoms with van der Waals surface area (Å²) in [6.07, 6.45) is 1.79. The van der Waals surface area contributed by atoms with Crippen molar-refractivity contribution in [2.45, 2.75) is 19.9 Å². The molecule has 1 heterocycles. The molecule has 0 aliphatic carbocycles. The highest BCUT2D eigenvalue weighted by molar-refractivity contribution is 6.35. The maximum atomic E-state index is 6.19. The summed E-state index contributed by atoms with van der Waals surface area (Å²) >= 11 is 12.1. The second kappa shape index (κ2) is 5.59. The van der Waals surface area contributed by atoms with E-state index in [1.807, 2.05) is 31.2 Å². The zero-order valence-corrected chi connectivity index (χ0v) is 11.8. The van der Waals surface area contributed by atoms with Crippen LogP contribution in [-0.2, 0) is 0 Å². The van der Waals surface area contributed by atoms with E-state index in [1.54, 1.807) is 12.3 Å². The number of hydrogen-bond acceptors (Lipinski definition) is 2. The zero-order chi connectivity index (χ0) is 13.1. The zero-order valence-electron chi connectivity index (χ0n) is 10.2. The first-order valence-electron chi connectivity index (χ1n) is 5.70. The molecule has 0 saturated heterocycles. The first kappa shape index (κ1) is 13.2. The minimum Gasteiger partial charge on any atom is -0.378 e. The van der Waals surface area contributed by atoms with Crippen LogP contribution < -0.4 is 5.32 Å². The van der Waals surface area contributed by atoms with Crippen LogP contribution in [0.1, 0.15) is 24.2 Å². The van der Waals surface area contributed by atoms with Crippen molar-refractivity contribution in [1.29, 1.82) is 0 Å². The molecule has 4 heteroatoms. The van der Waals surface area contributed by atoms with Crippen molar-refractivity contribution in [3.63, 3.8) is 0 Å². The van der Waals surface area contributed by atoms with Crippen LogP contribution in [0, 0.1) is 6.92 Å². The average molecular weight is 281 g/mol. The van der Waals surface area contributed by atoms with Gasteiger partial charge in [0.05, 0.1) is 0 Å². The molecule has 1 aromatic carbocycles. The summed E-state index contributed by atoms with van der Waals surface area (Å²) in [5.74, 6) is 0. The highest BCUT2D eigenvalue weighted by atomic mass is 35.5. The summed E-state index contributed by atoms with van der Waals surface area (Å²) in [7, 11) is 0. The molecular weight excluding hydrogens is 267 g/mol. The van der Waals surface area contributed by atoms with E-state index < -0.39 is 0 Å². The Morgan fingerprint density at radius 1 is 1.17 bits per heavy atom. The molecule has 1 atom stereocenters. The Bertz CT molecular complexity index is 555. The molecule has 0 radical (unpaired) electrons. The average Bonchev–Trinajstić information content (AvgIpc) is 2.28. The molecule has 0 amide bonds. The summed E-state index contributed by atoms with van der Waals surface area (Å²) in [5.41, 5.74) is 3.03. The molecule has 94 valence electrons. The molecule has 0 saturated carbocycles. The maximum absolute atomic E-state index is 6.19. The largest absolute Gasteiger partial charge is 0.378 e. The standard InChI is InChI=1S/C14H14Cl2N2/c1-9-7-12(5-6-17-9)18-10(2)13-4-3-11(15)8-14(13)16/h3-8,10H,1-2H3,(H,17,18). The fraction of sp³-hybridized carbons (Fsp3) is 0.214. The number of hydrogen-bond donors (Lipinski definition) is 1. The van der Waals surface area contributed by atoms with E-state index in [9.17, 15) is 0 Å². The predicted octanol–water partition coefficient (Wildman–Crippen LogP) is 4.87. The molecule has 0 spiro atoms. The topological polar surface area (TPSA) is 24.9 Å². The van der Waals surface area contributed by atoms with Crippen LogP contribution in [0.3, 0.4) is 0 Å². The Labute approximate surface area is 117 Å². The lowest BCUT2D eigenvalue weighted by molar-refractivity contribution is 0.883. The number of benzene rings is 1. The number of rotatable bonds is 3. The second-order valence-electron chi connectivity index (χ2n) is 4.22. The summed E-state index contributed by atoms with van der Waals surface area (Å²) in [6.45, 7) is 4.02. The molecule has 1 N–H and O–H groups in total. The lowest BCUT2D eigenvalue weighted by Crippen LogP contribution is -2.07. The van der Waals surface area contributed by atoms with Crippen LogP contribution in [0.25, 0.3) is 0 Å². The SMILES string of the molecule is Cc1cc(NC(C)c2ccc(Cl)cc2Cl)ccn1. The molecule has 0 aliphatic heterocycles. The van der Waals surface area contributed by atoms with E-state index in [0.717, 1.165) is 16.9 Å². The van der Waals surface area contributed by atoms with Gasteiger partial charge in [0.2, 0.25) is 0 Å². The Balaban J connectivity index is 2.19. The number of aromatic nitrogens is 1. The molecular formula is C14H14Cl2N2. The van der Waals surface area contributed by atoms with Crippen molar-refractivity contribution in [2.75, 3.05) is 5.32 Å². The first-order valence-corrected chi connectivity index (χ1v) is 6.46. The number of nitrogens with zero attached hydrogens (tertiary/aromatic N) is 1. The monoisotopic (exact) mass is 280 g/mol. The van der Waals surface area contributed by atoms with Gasteiger partial charge in [0.1, 0.15) is 0 Å². The van der Waals surface area contributed by atoms with Crippen molar-refractivity contribution in [3.8, 4) is 0 Å². The molecule has 2 aromatic rings. The highest BCUT2D eigenvalue weighted by Gasteiger charge is 2.10. The Kier molecular flexibility index (Phi) is 4.10. The number of pyridine rings is 1. The van der Waals surface area contributed by atoms with Crippen molar-refractivity contribution >= 4 is 28.9 Å². The van der Waals surface area contributed by atoms with Crippen LogP contribution in [0.2, 0.25) is 10.0 Å². The van der Waals surface area contributed by atoms with Gasteiger partial charge in [-0.25, -0.2) is 0 Å². The van der Waals surface area contributed by atoms with Gasteiger partial charge in [0.15, 0.2) is 0 Å². The van der Waals surface area contributed by atoms with Gasteiger partial charge in [0, 0.05) is 33.7 Å². The van der Waals surface area contributed by atoms with Crippen molar-refractivity contribution in [1.82, 2.24) is 4.98 Å². The van der Waals surface area contributed by atoms with E-state index in [0.29, 0.717) is 10.0 Å². The quantitative estimate of drug-likeness (QED) is 0.868. The Morgan fingerprint density at radius 2 is 1.94 bits per heavy atom. The maximum Gasteiger partial charge on any atom is 0.0500 e. The van der Waals surface area contributed by atoms with Gasteiger partial charge in [-0.3, -0.25) is 4.98 Å². The van der Waals surface area contributed by atoms with Gasteiger partial charge in [-0.1, -0.05) is 29.3 Å². The third kappa shape index (κ3) is 3.15. The molecule has 18 heavy (non-hydrogen) atoms. The smallest absolute Gasteiger partial charge is 0.0500 e. The highest BCUT2D eigenvalue weighted by Crippen LogP contribution is 2.28. The molecule has 2 nitrogen and oxygen atoms in total. The summed E-state index contributed by atoms with van der Waals surface area (Å²) in [4.78, 5) is 4.17. The van der Waals surface area contributed by atoms with Crippen molar-refractivity contribution < 1.29 is 0 Å². The number of aryl methyl sites for hydroxylation is 1. The van der Waals surface area contributed by atoms with E-state index in [1.165, 1.54) is 0 Å². The van der Waals surface area contributed by atoms with Gasteiger partial charge < -0.3 is 5.32 Å². The second-order valence-corrected chi connectivity index (χ2v) is 5.06. The summed E-state index contributed by atoms with van der Waals surface area (Å²) in [5, 5.41) is 4.71. The van der Waals surface area contributed by atoms with Gasteiger partial charge in [-0.2, -0.15) is 0 Å². The van der Waals surface area contributed by atoms with Crippen LogP contribution in [0.4, 0.5) is 5.69 Å². The summed E-state index contributed by atoms with van der Waals surface area (Å²) < 4.78 is 0. The molecule has 0 fully saturated rings. The predicted molar refractivity (Wildman–Crippen MR) is 77.5 cm³/mol. The van der Waals surface area contributed by atoms with Gasteiger partial charge >= 0.3 is 0 Å². The Hall–Kier alpha value is -1.25. The minimum absolute atomic E-state index is 0.108. The molecule has 2 rings (SSSR count). The number of halogens is 2. The fourth-order valence-electron chi connectivity index (χ4n) is 1.82. The third-order valence-corrected chi connectivity index (χ3v) is 3.27. The van der Waals surface area contributed by atoms with Crippen LogP contribution in [0.15, 0.2) is 36.5 Å². The molecule has 0 bridgehead atoms. The van der Waals surface area contributed by atoms with E-state index in [-0.39, 0.29) is 6.04 Å². The van der Waals surface area contributed by atoms with E-state index in [2.05, 4.69) is 17.2 Å². The van der Waals surface area contributed by atoms with E-state index >= 15 is 0 Å². The van der Waals surface area contributed by atoms with Crippen LogP contribution in [0.5, 0.6) is 0 Å². The minimum atomic E-state index is 0.108. The fourth-order valence-corrected chi connectivity index (χ4v) is 2.39. The molecule has 1 aromatic heterocycles. The normalized spacial score (nSPS) is 12.2. The number of nitrogens with one attached hydrogen (secondary N) is 1. The molecule has 1 unspecified atom stereocenters. The van der Waals surface area contributed by atoms with Gasteiger partial charge in [-0.05, 0) is 43.7 Å². The first-order chi connectivity index (χ1) is 8.56. The van der Waals surface area contributed by atoms with Crippen LogP contribution in [-0.4, -0.2) is 4.98 Å². The number of anilines is 1. The lowest BCUT2D eigenvalue weighted by atomic mass is 10.1. The van der Waals surface area contributed by atoms with Crippen LogP contribution >= 0.6 is 23.2 Å². The Morgan fingerprint density at radius 3 is 2.61 bits per heavy atom. The van der Waals surface area contributed by atoms with Crippen molar-refractivity contribution in [2.24, 2.45) is 0 Å². The van der Waals surface area contributed by atoms with Gasteiger partial charge in [0.25, 0.3) is 0 Å². The summed E-state index contributed by atoms with van der Waals surface area (Å²) in [6, 6.07) is 9.59. The molecule has 0 aliphatic rings. The lowest BCUT2D eigenvalue weighted by Gasteiger charge is -2.17. The van der Waals surface area contributed by atoms with E-state index in [4.69, 9.17) is 23.2 Å². The van der Waals surface area contributed by atoms with Crippen molar-refractivity contribution in [3.05, 3.63) is 57.8 Å². The third-order valence-electron chi connectivity index (χ3n) is 2.71.